The second kappa shape index (κ2) is 5.65. The quantitative estimate of drug-likeness (QED) is 0.725. The molecule has 1 aromatic heterocycles. The van der Waals surface area contributed by atoms with E-state index in [2.05, 4.69) is 10.6 Å². The van der Waals surface area contributed by atoms with Crippen molar-refractivity contribution in [2.45, 2.75) is 6.54 Å². The van der Waals surface area contributed by atoms with E-state index in [1.54, 1.807) is 7.11 Å². The van der Waals surface area contributed by atoms with Gasteiger partial charge in [-0.2, -0.15) is 0 Å². The summed E-state index contributed by atoms with van der Waals surface area (Å²) in [4.78, 5) is 4.73. The van der Waals surface area contributed by atoms with Crippen molar-refractivity contribution in [2.24, 2.45) is 0 Å². The van der Waals surface area contributed by atoms with E-state index in [4.69, 9.17) is 21.3 Å². The van der Waals surface area contributed by atoms with Gasteiger partial charge in [0.1, 0.15) is 5.82 Å². The van der Waals surface area contributed by atoms with Crippen LogP contribution in [0.15, 0.2) is 48.5 Å². The van der Waals surface area contributed by atoms with Crippen molar-refractivity contribution in [1.29, 1.82) is 0 Å². The monoisotopic (exact) mass is 286 g/mol. The Balaban J connectivity index is 2.18. The fourth-order valence-electron chi connectivity index (χ4n) is 2.33. The number of hydrogen-bond acceptors (Lipinski definition) is 2. The minimum Gasteiger partial charge on any atom is -0.383 e. The molecule has 3 rings (SSSR count). The maximum Gasteiger partial charge on any atom is 0.141 e. The lowest BCUT2D eigenvalue weighted by atomic mass is 10.2. The normalized spacial score (nSPS) is 11.1. The van der Waals surface area contributed by atoms with Crippen molar-refractivity contribution in [3.63, 3.8) is 0 Å². The van der Waals surface area contributed by atoms with Gasteiger partial charge in [-0.15, -0.1) is 0 Å². The van der Waals surface area contributed by atoms with Gasteiger partial charge in [-0.25, -0.2) is 4.98 Å². The van der Waals surface area contributed by atoms with Crippen LogP contribution in [-0.4, -0.2) is 23.3 Å². The van der Waals surface area contributed by atoms with Crippen LogP contribution >= 0.6 is 11.6 Å². The van der Waals surface area contributed by atoms with Crippen LogP contribution in [0.2, 0.25) is 5.02 Å². The number of benzene rings is 2. The Hall–Kier alpha value is -1.84. The molecule has 0 atom stereocenters. The first-order chi connectivity index (χ1) is 9.79. The summed E-state index contributed by atoms with van der Waals surface area (Å²) in [5.74, 6) is 0.922. The molecule has 3 aromatic rings. The number of hydrogen-bond donors (Lipinski definition) is 0. The van der Waals surface area contributed by atoms with Crippen LogP contribution in [0.5, 0.6) is 0 Å². The average molecular weight is 287 g/mol. The topological polar surface area (TPSA) is 27.1 Å². The lowest BCUT2D eigenvalue weighted by Gasteiger charge is -2.08. The first kappa shape index (κ1) is 13.2. The molecule has 0 N–H and O–H groups in total. The third-order valence-corrected chi connectivity index (χ3v) is 3.49. The predicted molar refractivity (Wildman–Crippen MR) is 82.1 cm³/mol. The molecule has 0 spiro atoms. The molecular formula is C16H15ClN2O. The molecule has 0 saturated carbocycles. The molecule has 4 heteroatoms. The van der Waals surface area contributed by atoms with Crippen LogP contribution in [0.1, 0.15) is 0 Å². The number of para-hydroxylation sites is 2. The van der Waals surface area contributed by atoms with Crippen LogP contribution in [0.25, 0.3) is 22.4 Å². The van der Waals surface area contributed by atoms with Crippen LogP contribution in [0.4, 0.5) is 0 Å². The van der Waals surface area contributed by atoms with Crippen molar-refractivity contribution in [3.05, 3.63) is 53.6 Å². The number of imidazole rings is 1. The lowest BCUT2D eigenvalue weighted by Crippen LogP contribution is -2.05. The molecule has 0 radical (unpaired) electrons. The highest BCUT2D eigenvalue weighted by Gasteiger charge is 2.12. The first-order valence-corrected chi connectivity index (χ1v) is 6.87. The van der Waals surface area contributed by atoms with Crippen LogP contribution in [-0.2, 0) is 11.3 Å². The summed E-state index contributed by atoms with van der Waals surface area (Å²) >= 11 is 6.09. The zero-order valence-electron chi connectivity index (χ0n) is 11.2. The van der Waals surface area contributed by atoms with Gasteiger partial charge < -0.3 is 9.30 Å². The molecule has 20 heavy (non-hydrogen) atoms. The summed E-state index contributed by atoms with van der Waals surface area (Å²) in [7, 11) is 1.71. The highest BCUT2D eigenvalue weighted by molar-refractivity contribution is 6.30. The fraction of sp³-hybridized carbons (Fsp3) is 0.188. The van der Waals surface area contributed by atoms with E-state index >= 15 is 0 Å². The maximum absolute atomic E-state index is 6.09. The number of aromatic nitrogens is 2. The van der Waals surface area contributed by atoms with Crippen molar-refractivity contribution >= 4 is 22.6 Å². The summed E-state index contributed by atoms with van der Waals surface area (Å²) < 4.78 is 7.38. The second-order valence-electron chi connectivity index (χ2n) is 4.58. The molecule has 1 heterocycles. The second-order valence-corrected chi connectivity index (χ2v) is 5.02. The van der Waals surface area contributed by atoms with Gasteiger partial charge in [-0.1, -0.05) is 35.9 Å². The van der Waals surface area contributed by atoms with E-state index in [0.29, 0.717) is 11.6 Å². The van der Waals surface area contributed by atoms with Crippen molar-refractivity contribution in [2.75, 3.05) is 13.7 Å². The SMILES string of the molecule is COCCn1c(-c2cccc(Cl)c2)nc2ccccc21. The number of methoxy groups -OCH3 is 1. The minimum atomic E-state index is 0.647. The number of ether oxygens (including phenoxy) is 1. The van der Waals surface area contributed by atoms with Gasteiger partial charge in [-0.3, -0.25) is 0 Å². The molecule has 0 aliphatic heterocycles. The molecule has 0 fully saturated rings. The smallest absolute Gasteiger partial charge is 0.141 e. The minimum absolute atomic E-state index is 0.647. The zero-order chi connectivity index (χ0) is 13.9. The van der Waals surface area contributed by atoms with E-state index in [1.165, 1.54) is 0 Å². The maximum atomic E-state index is 6.09. The van der Waals surface area contributed by atoms with E-state index in [0.717, 1.165) is 29.0 Å². The van der Waals surface area contributed by atoms with Gasteiger partial charge in [0.05, 0.1) is 17.6 Å². The summed E-state index contributed by atoms with van der Waals surface area (Å²) in [6.45, 7) is 1.41. The largest absolute Gasteiger partial charge is 0.383 e. The standard InChI is InChI=1S/C16H15ClN2O/c1-20-10-9-19-15-8-3-2-7-14(15)18-16(19)12-5-4-6-13(17)11-12/h2-8,11H,9-10H2,1H3. The fourth-order valence-corrected chi connectivity index (χ4v) is 2.52. The molecule has 0 amide bonds. The first-order valence-electron chi connectivity index (χ1n) is 6.50. The third kappa shape index (κ3) is 2.42. The van der Waals surface area contributed by atoms with Crippen LogP contribution in [0.3, 0.4) is 0 Å². The van der Waals surface area contributed by atoms with E-state index in [9.17, 15) is 0 Å². The van der Waals surface area contributed by atoms with Gasteiger partial charge in [0.15, 0.2) is 0 Å². The van der Waals surface area contributed by atoms with Gasteiger partial charge >= 0.3 is 0 Å². The molecule has 0 bridgehead atoms. The Morgan fingerprint density at radius 1 is 1.15 bits per heavy atom. The zero-order valence-corrected chi connectivity index (χ0v) is 12.0. The Morgan fingerprint density at radius 2 is 2.00 bits per heavy atom. The molecule has 2 aromatic carbocycles. The van der Waals surface area contributed by atoms with Crippen LogP contribution < -0.4 is 0 Å². The lowest BCUT2D eigenvalue weighted by molar-refractivity contribution is 0.188. The highest BCUT2D eigenvalue weighted by atomic mass is 35.5. The number of rotatable bonds is 4. The average Bonchev–Trinajstić information content (AvgIpc) is 2.84. The molecule has 0 aliphatic rings. The van der Waals surface area contributed by atoms with Crippen molar-refractivity contribution in [1.82, 2.24) is 9.55 Å². The Morgan fingerprint density at radius 3 is 2.80 bits per heavy atom. The van der Waals surface area contributed by atoms with Gasteiger partial charge in [0.2, 0.25) is 0 Å². The molecule has 3 nitrogen and oxygen atoms in total. The van der Waals surface area contributed by atoms with Gasteiger partial charge in [-0.05, 0) is 24.3 Å². The number of fused-ring (bicyclic) bond motifs is 1. The Labute approximate surface area is 122 Å². The Bertz CT molecular complexity index is 736. The van der Waals surface area contributed by atoms with Gasteiger partial charge in [0.25, 0.3) is 0 Å². The summed E-state index contributed by atoms with van der Waals surface area (Å²) in [6, 6.07) is 15.9. The Kier molecular flexibility index (Phi) is 3.72. The van der Waals surface area contributed by atoms with E-state index in [-0.39, 0.29) is 0 Å². The van der Waals surface area contributed by atoms with Crippen LogP contribution in [0, 0.1) is 0 Å². The third-order valence-electron chi connectivity index (χ3n) is 3.26. The molecular weight excluding hydrogens is 272 g/mol. The summed E-state index contributed by atoms with van der Waals surface area (Å²) in [5.41, 5.74) is 3.11. The highest BCUT2D eigenvalue weighted by Crippen LogP contribution is 2.26. The molecule has 0 aliphatic carbocycles. The van der Waals surface area contributed by atoms with E-state index < -0.39 is 0 Å². The molecule has 0 saturated heterocycles. The predicted octanol–water partition coefficient (Wildman–Crippen LogP) is 4.00. The van der Waals surface area contributed by atoms with E-state index in [1.807, 2.05) is 42.5 Å². The number of halogens is 1. The van der Waals surface area contributed by atoms with Gasteiger partial charge in [0, 0.05) is 24.2 Å². The van der Waals surface area contributed by atoms with Crippen molar-refractivity contribution in [3.8, 4) is 11.4 Å². The number of nitrogens with zero attached hydrogens (tertiary/aromatic N) is 2. The summed E-state index contributed by atoms with van der Waals surface area (Å²) in [5, 5.41) is 0.716. The van der Waals surface area contributed by atoms with Crippen molar-refractivity contribution < 1.29 is 4.74 Å². The summed E-state index contributed by atoms with van der Waals surface area (Å²) in [6.07, 6.45) is 0. The molecule has 0 unspecified atom stereocenters. The molecule has 102 valence electrons.